The lowest BCUT2D eigenvalue weighted by atomic mass is 9.86. The number of rotatable bonds is 7. The van der Waals surface area contributed by atoms with Crippen molar-refractivity contribution < 1.29 is 9.59 Å². The molecule has 0 atom stereocenters. The molecule has 0 aliphatic carbocycles. The Morgan fingerprint density at radius 2 is 0.625 bits per heavy atom. The van der Waals surface area contributed by atoms with Crippen molar-refractivity contribution in [2.75, 3.05) is 4.90 Å². The van der Waals surface area contributed by atoms with Crippen molar-refractivity contribution in [2.45, 2.75) is 87.0 Å². The Kier molecular flexibility index (Phi) is 12.9. The number of hydrogen-bond acceptors (Lipinski definition) is 3. The summed E-state index contributed by atoms with van der Waals surface area (Å²) in [5, 5.41) is 0. The molecule has 250 valence electrons. The van der Waals surface area contributed by atoms with Gasteiger partial charge in [0, 0.05) is 39.3 Å². The molecule has 48 heavy (non-hydrogen) atoms. The summed E-state index contributed by atoms with van der Waals surface area (Å²) in [6.45, 7) is 23.1. The topological polar surface area (TPSA) is 37.4 Å². The summed E-state index contributed by atoms with van der Waals surface area (Å²) < 4.78 is 0. The van der Waals surface area contributed by atoms with Crippen LogP contribution in [-0.2, 0) is 10.8 Å². The Morgan fingerprint density at radius 1 is 0.396 bits per heavy atom. The molecule has 0 heterocycles. The van der Waals surface area contributed by atoms with E-state index in [2.05, 4.69) is 77.6 Å². The second kappa shape index (κ2) is 16.4. The molecule has 0 bridgehead atoms. The summed E-state index contributed by atoms with van der Waals surface area (Å²) in [5.41, 5.74) is 9.10. The minimum absolute atomic E-state index is 0.00251. The highest BCUT2D eigenvalue weighted by Gasteiger charge is 2.19. The first kappa shape index (κ1) is 37.7. The molecule has 5 rings (SSSR count). The van der Waals surface area contributed by atoms with E-state index in [0.717, 1.165) is 17.1 Å². The van der Waals surface area contributed by atoms with Crippen LogP contribution in [0.1, 0.15) is 118 Å². The van der Waals surface area contributed by atoms with Gasteiger partial charge in [0.2, 0.25) is 0 Å². The lowest BCUT2D eigenvalue weighted by molar-refractivity contribution is 0.103. The van der Waals surface area contributed by atoms with E-state index >= 15 is 0 Å². The Labute approximate surface area is 289 Å². The van der Waals surface area contributed by atoms with Gasteiger partial charge in [-0.1, -0.05) is 135 Å². The van der Waals surface area contributed by atoms with Crippen LogP contribution in [0.2, 0.25) is 0 Å². The molecule has 0 saturated heterocycles. The molecule has 0 fully saturated rings. The van der Waals surface area contributed by atoms with Crippen molar-refractivity contribution in [1.29, 1.82) is 0 Å². The molecule has 0 saturated carbocycles. The van der Waals surface area contributed by atoms with E-state index in [-0.39, 0.29) is 22.4 Å². The summed E-state index contributed by atoms with van der Waals surface area (Å²) in [7, 11) is 0. The third kappa shape index (κ3) is 9.19. The van der Waals surface area contributed by atoms with Crippen LogP contribution in [0.15, 0.2) is 121 Å². The number of carbonyl (C=O) groups excluding carboxylic acids is 2. The second-order valence-corrected chi connectivity index (χ2v) is 13.6. The second-order valence-electron chi connectivity index (χ2n) is 13.6. The number of nitrogens with zero attached hydrogens (tertiary/aromatic N) is 1. The van der Waals surface area contributed by atoms with E-state index in [1.807, 2.05) is 125 Å². The van der Waals surface area contributed by atoms with Crippen molar-refractivity contribution in [2.24, 2.45) is 0 Å². The summed E-state index contributed by atoms with van der Waals surface area (Å²) in [5.74, 6) is -0.00501. The fraction of sp³-hybridized carbons (Fsp3) is 0.289. The molecule has 0 aromatic heterocycles. The lowest BCUT2D eigenvalue weighted by Gasteiger charge is -2.26. The van der Waals surface area contributed by atoms with Crippen LogP contribution in [-0.4, -0.2) is 11.6 Å². The number of carbonyl (C=O) groups is 2. The summed E-state index contributed by atoms with van der Waals surface area (Å²) >= 11 is 0. The van der Waals surface area contributed by atoms with Crippen LogP contribution in [0.25, 0.3) is 0 Å². The van der Waals surface area contributed by atoms with Crippen LogP contribution in [0.3, 0.4) is 0 Å². The first-order valence-corrected chi connectivity index (χ1v) is 17.2. The van der Waals surface area contributed by atoms with Gasteiger partial charge in [0.25, 0.3) is 0 Å². The fourth-order valence-corrected chi connectivity index (χ4v) is 5.24. The van der Waals surface area contributed by atoms with Crippen molar-refractivity contribution in [3.8, 4) is 0 Å². The summed E-state index contributed by atoms with van der Waals surface area (Å²) in [4.78, 5) is 28.7. The first-order chi connectivity index (χ1) is 22.8. The zero-order valence-electron chi connectivity index (χ0n) is 30.8. The van der Waals surface area contributed by atoms with E-state index in [1.54, 1.807) is 0 Å². The van der Waals surface area contributed by atoms with Gasteiger partial charge in [0.15, 0.2) is 11.6 Å². The Bertz CT molecular complexity index is 1640. The molecular weight excluding hydrogens is 587 g/mol. The zero-order valence-corrected chi connectivity index (χ0v) is 30.8. The maximum atomic E-state index is 13.3. The molecule has 5 aromatic rings. The summed E-state index contributed by atoms with van der Waals surface area (Å²) in [6.07, 6.45) is 0. The van der Waals surface area contributed by atoms with Gasteiger partial charge >= 0.3 is 0 Å². The third-order valence-electron chi connectivity index (χ3n) is 8.09. The Hall–Kier alpha value is -4.76. The number of anilines is 3. The average Bonchev–Trinajstić information content (AvgIpc) is 3.10. The lowest BCUT2D eigenvalue weighted by Crippen LogP contribution is -2.12. The third-order valence-corrected chi connectivity index (χ3v) is 8.09. The monoisotopic (exact) mass is 639 g/mol. The molecule has 3 nitrogen and oxygen atoms in total. The predicted molar refractivity (Wildman–Crippen MR) is 206 cm³/mol. The van der Waals surface area contributed by atoms with Gasteiger partial charge in [0.1, 0.15) is 0 Å². The molecule has 0 spiro atoms. The molecule has 5 aromatic carbocycles. The van der Waals surface area contributed by atoms with Crippen molar-refractivity contribution >= 4 is 28.6 Å². The van der Waals surface area contributed by atoms with E-state index in [1.165, 1.54) is 16.7 Å². The number of ketones is 2. The molecule has 0 amide bonds. The summed E-state index contributed by atoms with van der Waals surface area (Å²) in [6, 6.07) is 39.6. The highest BCUT2D eigenvalue weighted by Crippen LogP contribution is 2.35. The van der Waals surface area contributed by atoms with Gasteiger partial charge in [-0.25, -0.2) is 0 Å². The molecule has 0 N–H and O–H groups in total. The number of benzene rings is 5. The van der Waals surface area contributed by atoms with Crippen molar-refractivity contribution in [1.82, 2.24) is 0 Å². The van der Waals surface area contributed by atoms with Crippen LogP contribution in [0.5, 0.6) is 0 Å². The minimum atomic E-state index is -0.00251. The highest BCUT2D eigenvalue weighted by molar-refractivity contribution is 6.10. The Morgan fingerprint density at radius 3 is 0.875 bits per heavy atom. The molecule has 3 heteroatoms. The zero-order chi connectivity index (χ0) is 35.6. The molecule has 0 aliphatic heterocycles. The predicted octanol–water partition coefficient (Wildman–Crippen LogP) is 12.6. The van der Waals surface area contributed by atoms with Gasteiger partial charge in [0.05, 0.1) is 0 Å². The van der Waals surface area contributed by atoms with Gasteiger partial charge in [-0.15, -0.1) is 0 Å². The molecular formula is C45H53NO2. The van der Waals surface area contributed by atoms with Gasteiger partial charge < -0.3 is 4.90 Å². The van der Waals surface area contributed by atoms with Gasteiger partial charge in [-0.05, 0) is 89.5 Å². The SMILES string of the molecule is CC.CC.Cc1ccc(N(c2ccc(C(=O)c3ccc(C(C)(C)C)cc3)cc2)c2ccc(C(=O)c3ccc(C(C)(C)C)cc3)cc2)cc1. The molecule has 0 aliphatic rings. The normalized spacial score (nSPS) is 11.0. The average molecular weight is 640 g/mol. The van der Waals surface area contributed by atoms with Crippen LogP contribution in [0.4, 0.5) is 17.1 Å². The fourth-order valence-electron chi connectivity index (χ4n) is 5.24. The van der Waals surface area contributed by atoms with Crippen LogP contribution >= 0.6 is 0 Å². The van der Waals surface area contributed by atoms with E-state index in [0.29, 0.717) is 22.3 Å². The maximum Gasteiger partial charge on any atom is 0.193 e. The van der Waals surface area contributed by atoms with E-state index in [4.69, 9.17) is 0 Å². The number of hydrogen-bond donors (Lipinski definition) is 0. The number of aryl methyl sites for hydroxylation is 1. The quantitative estimate of drug-likeness (QED) is 0.166. The highest BCUT2D eigenvalue weighted by atomic mass is 16.1. The van der Waals surface area contributed by atoms with E-state index < -0.39 is 0 Å². The minimum Gasteiger partial charge on any atom is -0.311 e. The van der Waals surface area contributed by atoms with Gasteiger partial charge in [-0.2, -0.15) is 0 Å². The maximum absolute atomic E-state index is 13.3. The molecule has 0 unspecified atom stereocenters. The van der Waals surface area contributed by atoms with Crippen LogP contribution < -0.4 is 4.90 Å². The van der Waals surface area contributed by atoms with Gasteiger partial charge in [-0.3, -0.25) is 9.59 Å². The first-order valence-electron chi connectivity index (χ1n) is 17.2. The molecule has 0 radical (unpaired) electrons. The van der Waals surface area contributed by atoms with Crippen LogP contribution in [0, 0.1) is 6.92 Å². The largest absolute Gasteiger partial charge is 0.311 e. The van der Waals surface area contributed by atoms with Crippen molar-refractivity contribution in [3.05, 3.63) is 160 Å². The standard InChI is InChI=1S/C41H41NO2.2C2H6/c1-28-8-22-35(23-9-28)42(36-24-14-31(15-25-36)38(43)29-10-18-33(19-11-29)40(2,3)4)37-26-16-32(17-27-37)39(44)30-12-20-34(21-13-30)41(5,6)7;2*1-2/h8-27H,1-7H3;2*1-2H3. The van der Waals surface area contributed by atoms with E-state index in [9.17, 15) is 9.59 Å². The smallest absolute Gasteiger partial charge is 0.193 e. The van der Waals surface area contributed by atoms with Crippen molar-refractivity contribution in [3.63, 3.8) is 0 Å². The Balaban J connectivity index is 0.00000151.